The molecule has 1 amide bonds. The van der Waals surface area contributed by atoms with Crippen LogP contribution in [0, 0.1) is 0 Å². The van der Waals surface area contributed by atoms with Crippen molar-refractivity contribution in [2.45, 2.75) is 18.4 Å². The van der Waals surface area contributed by atoms with Crippen molar-refractivity contribution in [3.63, 3.8) is 0 Å². The van der Waals surface area contributed by atoms with Crippen molar-refractivity contribution in [3.05, 3.63) is 35.7 Å². The lowest BCUT2D eigenvalue weighted by atomic mass is 9.91. The summed E-state index contributed by atoms with van der Waals surface area (Å²) in [7, 11) is 0. The molecular weight excluding hydrogens is 346 g/mol. The Bertz CT molecular complexity index is 684. The van der Waals surface area contributed by atoms with Crippen LogP contribution in [0.1, 0.15) is 12.8 Å². The molecule has 0 saturated carbocycles. The van der Waals surface area contributed by atoms with Gasteiger partial charge in [0.15, 0.2) is 5.13 Å². The number of carbonyl (C=O) groups is 1. The van der Waals surface area contributed by atoms with E-state index in [1.54, 1.807) is 4.90 Å². The number of amides is 1. The van der Waals surface area contributed by atoms with Crippen LogP contribution in [-0.4, -0.2) is 52.0 Å². The van der Waals surface area contributed by atoms with E-state index in [4.69, 9.17) is 11.6 Å². The molecule has 128 valence electrons. The molecule has 0 unspecified atom stereocenters. The molecule has 0 atom stereocenters. The minimum atomic E-state index is -0.818. The van der Waals surface area contributed by atoms with Gasteiger partial charge < -0.3 is 15.3 Å². The van der Waals surface area contributed by atoms with Gasteiger partial charge in [-0.15, -0.1) is 22.9 Å². The van der Waals surface area contributed by atoms with Crippen molar-refractivity contribution in [3.8, 4) is 11.3 Å². The highest BCUT2D eigenvalue weighted by Crippen LogP contribution is 2.27. The molecule has 2 heterocycles. The lowest BCUT2D eigenvalue weighted by Crippen LogP contribution is -2.50. The van der Waals surface area contributed by atoms with Gasteiger partial charge in [0, 0.05) is 30.6 Å². The minimum Gasteiger partial charge on any atom is -0.388 e. The summed E-state index contributed by atoms with van der Waals surface area (Å²) in [5.41, 5.74) is 1.19. The van der Waals surface area contributed by atoms with E-state index < -0.39 is 5.60 Å². The number of benzene rings is 1. The fourth-order valence-corrected chi connectivity index (χ4v) is 3.66. The molecule has 1 saturated heterocycles. The maximum absolute atomic E-state index is 11.6. The number of anilines is 1. The van der Waals surface area contributed by atoms with E-state index in [-0.39, 0.29) is 11.8 Å². The highest BCUT2D eigenvalue weighted by Gasteiger charge is 2.33. The van der Waals surface area contributed by atoms with E-state index in [0.29, 0.717) is 32.5 Å². The fraction of sp³-hybridized carbons (Fsp3) is 0.412. The first-order valence-corrected chi connectivity index (χ1v) is 9.32. The van der Waals surface area contributed by atoms with E-state index >= 15 is 0 Å². The number of hydrogen-bond acceptors (Lipinski definition) is 5. The molecule has 1 aliphatic heterocycles. The summed E-state index contributed by atoms with van der Waals surface area (Å²) in [5, 5.41) is 16.7. The number of nitrogens with zero attached hydrogens (tertiary/aromatic N) is 2. The molecule has 1 aromatic heterocycles. The maximum atomic E-state index is 11.6. The predicted octanol–water partition coefficient (Wildman–Crippen LogP) is 2.81. The van der Waals surface area contributed by atoms with Crippen LogP contribution in [0.25, 0.3) is 11.3 Å². The number of hydrogen-bond donors (Lipinski definition) is 2. The molecule has 0 bridgehead atoms. The summed E-state index contributed by atoms with van der Waals surface area (Å²) in [6, 6.07) is 10.00. The first-order valence-electron chi connectivity index (χ1n) is 7.91. The first kappa shape index (κ1) is 17.2. The minimum absolute atomic E-state index is 0.00193. The van der Waals surface area contributed by atoms with E-state index in [1.165, 1.54) is 11.3 Å². The van der Waals surface area contributed by atoms with Gasteiger partial charge in [-0.1, -0.05) is 30.3 Å². The Balaban J connectivity index is 1.55. The van der Waals surface area contributed by atoms with Crippen LogP contribution < -0.4 is 5.32 Å². The zero-order valence-corrected chi connectivity index (χ0v) is 14.8. The van der Waals surface area contributed by atoms with Crippen LogP contribution >= 0.6 is 22.9 Å². The third kappa shape index (κ3) is 4.06. The number of likely N-dealkylation sites (tertiary alicyclic amines) is 1. The summed E-state index contributed by atoms with van der Waals surface area (Å²) in [5.74, 6) is -0.0722. The maximum Gasteiger partial charge on any atom is 0.237 e. The van der Waals surface area contributed by atoms with E-state index in [1.807, 2.05) is 35.7 Å². The van der Waals surface area contributed by atoms with Crippen molar-refractivity contribution in [1.82, 2.24) is 9.88 Å². The Morgan fingerprint density at radius 2 is 2.04 bits per heavy atom. The molecule has 1 aliphatic rings. The second-order valence-corrected chi connectivity index (χ2v) is 7.12. The summed E-state index contributed by atoms with van der Waals surface area (Å²) in [6.07, 6.45) is 1.08. The van der Waals surface area contributed by atoms with Gasteiger partial charge in [-0.25, -0.2) is 4.98 Å². The summed E-state index contributed by atoms with van der Waals surface area (Å²) in [6.45, 7) is 1.51. The zero-order valence-electron chi connectivity index (χ0n) is 13.2. The number of alkyl halides is 1. The molecule has 1 fully saturated rings. The number of rotatable bonds is 5. The standard InChI is InChI=1S/C17H20ClN3O2S/c18-10-15(22)21-8-6-17(23,7-9-21)12-19-16-20-14(11-24-16)13-4-2-1-3-5-13/h1-5,11,23H,6-10,12H2,(H,19,20). The van der Waals surface area contributed by atoms with Crippen LogP contribution in [0.5, 0.6) is 0 Å². The van der Waals surface area contributed by atoms with E-state index in [0.717, 1.165) is 16.4 Å². The molecule has 2 N–H and O–H groups in total. The average molecular weight is 366 g/mol. The zero-order chi connectivity index (χ0) is 17.0. The molecule has 2 aromatic rings. The second-order valence-electron chi connectivity index (χ2n) is 6.00. The van der Waals surface area contributed by atoms with Crippen LogP contribution in [0.2, 0.25) is 0 Å². The predicted molar refractivity (Wildman–Crippen MR) is 97.5 cm³/mol. The highest BCUT2D eigenvalue weighted by atomic mass is 35.5. The number of carbonyl (C=O) groups excluding carboxylic acids is 1. The normalized spacial score (nSPS) is 16.8. The number of thiazole rings is 1. The summed E-state index contributed by atoms with van der Waals surface area (Å²) < 4.78 is 0. The third-order valence-corrected chi connectivity index (χ3v) is 5.33. The summed E-state index contributed by atoms with van der Waals surface area (Å²) in [4.78, 5) is 17.9. The SMILES string of the molecule is O=C(CCl)N1CCC(O)(CNc2nc(-c3ccccc3)cs2)CC1. The molecule has 0 spiro atoms. The Morgan fingerprint density at radius 3 is 2.71 bits per heavy atom. The highest BCUT2D eigenvalue weighted by molar-refractivity contribution is 7.14. The Hall–Kier alpha value is -1.63. The molecule has 24 heavy (non-hydrogen) atoms. The Morgan fingerprint density at radius 1 is 1.33 bits per heavy atom. The fourth-order valence-electron chi connectivity index (χ4n) is 2.77. The van der Waals surface area contributed by atoms with Crippen molar-refractivity contribution >= 4 is 34.0 Å². The molecule has 3 rings (SSSR count). The van der Waals surface area contributed by atoms with Gasteiger partial charge in [0.05, 0.1) is 11.3 Å². The van der Waals surface area contributed by atoms with Crippen LogP contribution in [0.4, 0.5) is 5.13 Å². The molecule has 1 aromatic carbocycles. The number of aromatic nitrogens is 1. The molecule has 7 heteroatoms. The third-order valence-electron chi connectivity index (χ3n) is 4.30. The van der Waals surface area contributed by atoms with Gasteiger partial charge >= 0.3 is 0 Å². The topological polar surface area (TPSA) is 65.5 Å². The van der Waals surface area contributed by atoms with E-state index in [2.05, 4.69) is 10.3 Å². The molecule has 5 nitrogen and oxygen atoms in total. The molecule has 0 radical (unpaired) electrons. The lowest BCUT2D eigenvalue weighted by molar-refractivity contribution is -0.132. The average Bonchev–Trinajstić information content (AvgIpc) is 3.10. The van der Waals surface area contributed by atoms with Crippen molar-refractivity contribution < 1.29 is 9.90 Å². The van der Waals surface area contributed by atoms with Crippen molar-refractivity contribution in [1.29, 1.82) is 0 Å². The second kappa shape index (κ2) is 7.51. The lowest BCUT2D eigenvalue weighted by Gasteiger charge is -2.38. The number of nitrogens with one attached hydrogen (secondary N) is 1. The van der Waals surface area contributed by atoms with Crippen molar-refractivity contribution in [2.24, 2.45) is 0 Å². The van der Waals surface area contributed by atoms with Gasteiger partial charge in [0.2, 0.25) is 5.91 Å². The van der Waals surface area contributed by atoms with Crippen molar-refractivity contribution in [2.75, 3.05) is 30.8 Å². The van der Waals surface area contributed by atoms with Gasteiger partial charge in [-0.2, -0.15) is 0 Å². The monoisotopic (exact) mass is 365 g/mol. The summed E-state index contributed by atoms with van der Waals surface area (Å²) >= 11 is 7.10. The number of halogens is 1. The largest absolute Gasteiger partial charge is 0.388 e. The van der Waals surface area contributed by atoms with Crippen LogP contribution in [-0.2, 0) is 4.79 Å². The Labute approximate surface area is 150 Å². The Kier molecular flexibility index (Phi) is 5.38. The van der Waals surface area contributed by atoms with Gasteiger partial charge in [-0.05, 0) is 12.8 Å². The van der Waals surface area contributed by atoms with Gasteiger partial charge in [0.1, 0.15) is 5.88 Å². The van der Waals surface area contributed by atoms with Gasteiger partial charge in [-0.3, -0.25) is 4.79 Å². The molecule has 0 aliphatic carbocycles. The number of piperidine rings is 1. The van der Waals surface area contributed by atoms with E-state index in [9.17, 15) is 9.90 Å². The molecular formula is C17H20ClN3O2S. The van der Waals surface area contributed by atoms with Crippen LogP contribution in [0.15, 0.2) is 35.7 Å². The van der Waals surface area contributed by atoms with Gasteiger partial charge in [0.25, 0.3) is 0 Å². The van der Waals surface area contributed by atoms with Crippen LogP contribution in [0.3, 0.4) is 0 Å². The number of aliphatic hydroxyl groups is 1. The smallest absolute Gasteiger partial charge is 0.237 e. The quantitative estimate of drug-likeness (QED) is 0.800. The first-order chi connectivity index (χ1) is 11.6.